The summed E-state index contributed by atoms with van der Waals surface area (Å²) >= 11 is 11.7. The first-order valence-electron chi connectivity index (χ1n) is 5.43. The summed E-state index contributed by atoms with van der Waals surface area (Å²) in [4.78, 5) is 24.5. The van der Waals surface area contributed by atoms with Crippen LogP contribution in [0.15, 0.2) is 12.1 Å². The topological polar surface area (TPSA) is 72.6 Å². The van der Waals surface area contributed by atoms with Gasteiger partial charge in [-0.25, -0.2) is 0 Å². The van der Waals surface area contributed by atoms with Crippen LogP contribution in [0.25, 0.3) is 0 Å². The van der Waals surface area contributed by atoms with Crippen molar-refractivity contribution in [3.05, 3.63) is 27.7 Å². The molecule has 0 fully saturated rings. The van der Waals surface area contributed by atoms with E-state index in [-0.39, 0.29) is 40.6 Å². The minimum Gasteiger partial charge on any atom is -0.469 e. The summed E-state index contributed by atoms with van der Waals surface area (Å²) < 4.78 is 4.50. The number of ether oxygens (including phenoxy) is 1. The molecule has 0 saturated carbocycles. The molecule has 0 aliphatic heterocycles. The lowest BCUT2D eigenvalue weighted by Gasteiger charge is -2.17. The van der Waals surface area contributed by atoms with Crippen molar-refractivity contribution in [3.8, 4) is 0 Å². The molecule has 1 aromatic carbocycles. The number of nitrogens with zero attached hydrogens (tertiary/aromatic N) is 1. The van der Waals surface area contributed by atoms with Gasteiger partial charge in [-0.2, -0.15) is 0 Å². The van der Waals surface area contributed by atoms with Crippen molar-refractivity contribution in [1.82, 2.24) is 4.90 Å². The summed E-state index contributed by atoms with van der Waals surface area (Å²) in [6.45, 7) is 0.242. The average molecular weight is 305 g/mol. The van der Waals surface area contributed by atoms with E-state index in [2.05, 4.69) is 4.74 Å². The highest BCUT2D eigenvalue weighted by molar-refractivity contribution is 6.43. The monoisotopic (exact) mass is 304 g/mol. The van der Waals surface area contributed by atoms with Crippen molar-refractivity contribution >= 4 is 40.8 Å². The molecule has 0 radical (unpaired) electrons. The number of benzene rings is 1. The standard InChI is InChI=1S/C12H14Cl2N2O3/c1-16(4-3-10(17)19-2)12(18)7-5-8(13)11(14)9(15)6-7/h5-6H,3-4,15H2,1-2H3. The van der Waals surface area contributed by atoms with Gasteiger partial charge in [-0.05, 0) is 12.1 Å². The van der Waals surface area contributed by atoms with Crippen molar-refractivity contribution in [3.63, 3.8) is 0 Å². The molecule has 1 aromatic rings. The molecule has 0 atom stereocenters. The van der Waals surface area contributed by atoms with E-state index >= 15 is 0 Å². The number of hydrogen-bond donors (Lipinski definition) is 1. The van der Waals surface area contributed by atoms with E-state index in [1.54, 1.807) is 7.05 Å². The van der Waals surface area contributed by atoms with E-state index in [9.17, 15) is 9.59 Å². The fourth-order valence-electron chi connectivity index (χ4n) is 1.42. The third-order valence-corrected chi connectivity index (χ3v) is 3.35. The van der Waals surface area contributed by atoms with Gasteiger partial charge in [0.25, 0.3) is 5.91 Å². The largest absolute Gasteiger partial charge is 0.469 e. The molecule has 0 aromatic heterocycles. The maximum atomic E-state index is 12.1. The molecule has 104 valence electrons. The number of halogens is 2. The average Bonchev–Trinajstić information content (AvgIpc) is 2.40. The van der Waals surface area contributed by atoms with Gasteiger partial charge in [0.15, 0.2) is 0 Å². The summed E-state index contributed by atoms with van der Waals surface area (Å²) in [5.41, 5.74) is 6.20. The van der Waals surface area contributed by atoms with Gasteiger partial charge in [0.1, 0.15) is 0 Å². The molecule has 2 N–H and O–H groups in total. The first-order chi connectivity index (χ1) is 8.86. The molecular weight excluding hydrogens is 291 g/mol. The van der Waals surface area contributed by atoms with Crippen LogP contribution < -0.4 is 5.73 Å². The van der Waals surface area contributed by atoms with E-state index in [1.807, 2.05) is 0 Å². The number of nitrogens with two attached hydrogens (primary N) is 1. The molecule has 0 aliphatic rings. The van der Waals surface area contributed by atoms with Crippen LogP contribution in [0.1, 0.15) is 16.8 Å². The van der Waals surface area contributed by atoms with Gasteiger partial charge < -0.3 is 15.4 Å². The van der Waals surface area contributed by atoms with Gasteiger partial charge in [-0.1, -0.05) is 23.2 Å². The van der Waals surface area contributed by atoms with Crippen molar-refractivity contribution in [2.24, 2.45) is 0 Å². The predicted octanol–water partition coefficient (Wildman–Crippen LogP) is 2.21. The molecule has 0 unspecified atom stereocenters. The van der Waals surface area contributed by atoms with Gasteiger partial charge in [-0.15, -0.1) is 0 Å². The quantitative estimate of drug-likeness (QED) is 0.684. The summed E-state index contributed by atoms with van der Waals surface area (Å²) in [6.07, 6.45) is 0.121. The second-order valence-electron chi connectivity index (χ2n) is 3.91. The van der Waals surface area contributed by atoms with E-state index in [1.165, 1.54) is 24.1 Å². The third-order valence-electron chi connectivity index (χ3n) is 2.53. The van der Waals surface area contributed by atoms with Crippen LogP contribution in [0.2, 0.25) is 10.0 Å². The molecule has 0 spiro atoms. The van der Waals surface area contributed by atoms with Crippen molar-refractivity contribution in [2.45, 2.75) is 6.42 Å². The zero-order valence-electron chi connectivity index (χ0n) is 10.6. The molecule has 0 aliphatic carbocycles. The van der Waals surface area contributed by atoms with Crippen LogP contribution >= 0.6 is 23.2 Å². The minimum absolute atomic E-state index is 0.121. The Bertz CT molecular complexity index is 483. The van der Waals surface area contributed by atoms with Crippen LogP contribution in [0, 0.1) is 0 Å². The lowest BCUT2D eigenvalue weighted by atomic mass is 10.1. The fraction of sp³-hybridized carbons (Fsp3) is 0.333. The van der Waals surface area contributed by atoms with Crippen molar-refractivity contribution in [2.75, 3.05) is 26.4 Å². The first-order valence-corrected chi connectivity index (χ1v) is 6.19. The number of anilines is 1. The Labute approximate surface area is 121 Å². The number of hydrogen-bond acceptors (Lipinski definition) is 4. The molecule has 0 heterocycles. The highest BCUT2D eigenvalue weighted by Crippen LogP contribution is 2.29. The number of methoxy groups -OCH3 is 1. The molecule has 1 rings (SSSR count). The Hall–Kier alpha value is -1.46. The van der Waals surface area contributed by atoms with Crippen LogP contribution in [-0.2, 0) is 9.53 Å². The molecule has 0 bridgehead atoms. The van der Waals surface area contributed by atoms with Gasteiger partial charge >= 0.3 is 5.97 Å². The Morgan fingerprint density at radius 3 is 2.53 bits per heavy atom. The Balaban J connectivity index is 2.80. The SMILES string of the molecule is COC(=O)CCN(C)C(=O)c1cc(N)c(Cl)c(Cl)c1. The maximum absolute atomic E-state index is 12.1. The summed E-state index contributed by atoms with van der Waals surface area (Å²) in [7, 11) is 2.87. The number of carbonyl (C=O) groups is 2. The molecule has 0 saturated heterocycles. The first kappa shape index (κ1) is 15.6. The second-order valence-corrected chi connectivity index (χ2v) is 4.70. The number of rotatable bonds is 4. The predicted molar refractivity (Wildman–Crippen MR) is 74.5 cm³/mol. The number of esters is 1. The van der Waals surface area contributed by atoms with Gasteiger partial charge in [0.05, 0.1) is 29.3 Å². The number of amides is 1. The van der Waals surface area contributed by atoms with Gasteiger partial charge in [-0.3, -0.25) is 9.59 Å². The van der Waals surface area contributed by atoms with Crippen LogP contribution in [-0.4, -0.2) is 37.5 Å². The number of carbonyl (C=O) groups excluding carboxylic acids is 2. The highest BCUT2D eigenvalue weighted by atomic mass is 35.5. The van der Waals surface area contributed by atoms with Crippen molar-refractivity contribution < 1.29 is 14.3 Å². The summed E-state index contributed by atoms with van der Waals surface area (Å²) in [5, 5.41) is 0.432. The normalized spacial score (nSPS) is 10.1. The van der Waals surface area contributed by atoms with E-state index in [4.69, 9.17) is 28.9 Å². The minimum atomic E-state index is -0.381. The van der Waals surface area contributed by atoms with Crippen LogP contribution in [0.3, 0.4) is 0 Å². The Morgan fingerprint density at radius 2 is 2.00 bits per heavy atom. The summed E-state index contributed by atoms with van der Waals surface area (Å²) in [6, 6.07) is 2.89. The lowest BCUT2D eigenvalue weighted by molar-refractivity contribution is -0.140. The molecule has 1 amide bonds. The van der Waals surface area contributed by atoms with Crippen LogP contribution in [0.4, 0.5) is 5.69 Å². The zero-order valence-corrected chi connectivity index (χ0v) is 12.1. The Morgan fingerprint density at radius 1 is 1.37 bits per heavy atom. The smallest absolute Gasteiger partial charge is 0.307 e. The molecular formula is C12H14Cl2N2O3. The Kier molecular flexibility index (Phi) is 5.44. The van der Waals surface area contributed by atoms with E-state index in [0.717, 1.165) is 0 Å². The van der Waals surface area contributed by atoms with E-state index < -0.39 is 0 Å². The zero-order chi connectivity index (χ0) is 14.6. The summed E-state index contributed by atoms with van der Waals surface area (Å²) in [5.74, 6) is -0.678. The molecule has 5 nitrogen and oxygen atoms in total. The molecule has 7 heteroatoms. The lowest BCUT2D eigenvalue weighted by Crippen LogP contribution is -2.29. The maximum Gasteiger partial charge on any atom is 0.307 e. The number of nitrogen functional groups attached to an aromatic ring is 1. The third kappa shape index (κ3) is 4.01. The van der Waals surface area contributed by atoms with Crippen molar-refractivity contribution in [1.29, 1.82) is 0 Å². The highest BCUT2D eigenvalue weighted by Gasteiger charge is 2.16. The fourth-order valence-corrected chi connectivity index (χ4v) is 1.75. The molecule has 19 heavy (non-hydrogen) atoms. The van der Waals surface area contributed by atoms with Gasteiger partial charge in [0, 0.05) is 19.2 Å². The van der Waals surface area contributed by atoms with Crippen LogP contribution in [0.5, 0.6) is 0 Å². The second kappa shape index (κ2) is 6.63. The van der Waals surface area contributed by atoms with E-state index in [0.29, 0.717) is 5.56 Å². The van der Waals surface area contributed by atoms with Gasteiger partial charge in [0.2, 0.25) is 0 Å².